The number of hydrogen-bond acceptors (Lipinski definition) is 2. The van der Waals surface area contributed by atoms with Gasteiger partial charge in [0.15, 0.2) is 0 Å². The first-order chi connectivity index (χ1) is 5.70. The first-order valence-electron chi connectivity index (χ1n) is 3.94. The van der Waals surface area contributed by atoms with Crippen molar-refractivity contribution in [3.8, 4) is 0 Å². The van der Waals surface area contributed by atoms with E-state index >= 15 is 0 Å². The molecule has 0 aliphatic rings. The van der Waals surface area contributed by atoms with Crippen molar-refractivity contribution in [3.63, 3.8) is 0 Å². The lowest BCUT2D eigenvalue weighted by atomic mass is 10.1. The molecule has 1 rings (SSSR count). The van der Waals surface area contributed by atoms with Gasteiger partial charge in [-0.3, -0.25) is 0 Å². The van der Waals surface area contributed by atoms with Crippen LogP contribution >= 0.6 is 0 Å². The second-order valence-corrected chi connectivity index (χ2v) is 2.87. The Morgan fingerprint density at radius 1 is 1.33 bits per heavy atom. The normalized spacial score (nSPS) is 12.4. The van der Waals surface area contributed by atoms with Gasteiger partial charge in [0.1, 0.15) is 0 Å². The van der Waals surface area contributed by atoms with Crippen LogP contribution in [0.5, 0.6) is 0 Å². The van der Waals surface area contributed by atoms with Gasteiger partial charge in [-0.25, -0.2) is 0 Å². The average molecular weight is 162 g/mol. The molecule has 1 aromatic rings. The maximum absolute atomic E-state index is 5.72. The van der Waals surface area contributed by atoms with Crippen LogP contribution in [0, 0.1) is 0 Å². The Bertz CT molecular complexity index is 254. The summed E-state index contributed by atoms with van der Waals surface area (Å²) in [4.78, 5) is 0. The standard InChI is InChI=1S/C10H14N2/c1-8(11)10(12)7-9-5-3-2-4-6-9/h2-6,10H,1,7,11-12H2/t10-/m0/s1. The second-order valence-electron chi connectivity index (χ2n) is 2.87. The van der Waals surface area contributed by atoms with Gasteiger partial charge in [-0.05, 0) is 12.0 Å². The molecule has 0 saturated carbocycles. The van der Waals surface area contributed by atoms with Gasteiger partial charge < -0.3 is 11.5 Å². The monoisotopic (exact) mass is 162 g/mol. The van der Waals surface area contributed by atoms with Crippen molar-refractivity contribution in [2.24, 2.45) is 11.5 Å². The van der Waals surface area contributed by atoms with Crippen LogP contribution in [0.2, 0.25) is 0 Å². The first-order valence-corrected chi connectivity index (χ1v) is 3.94. The van der Waals surface area contributed by atoms with E-state index in [1.807, 2.05) is 30.3 Å². The SMILES string of the molecule is C=C(N)[C@@H](N)Cc1ccccc1. The topological polar surface area (TPSA) is 52.0 Å². The summed E-state index contributed by atoms with van der Waals surface area (Å²) in [7, 11) is 0. The van der Waals surface area contributed by atoms with Gasteiger partial charge in [-0.2, -0.15) is 0 Å². The van der Waals surface area contributed by atoms with Crippen molar-refractivity contribution in [2.75, 3.05) is 0 Å². The fourth-order valence-corrected chi connectivity index (χ4v) is 0.999. The zero-order valence-corrected chi connectivity index (χ0v) is 7.03. The van der Waals surface area contributed by atoms with Crippen molar-refractivity contribution in [1.82, 2.24) is 0 Å². The Balaban J connectivity index is 2.58. The quantitative estimate of drug-likeness (QED) is 0.697. The molecule has 64 valence electrons. The summed E-state index contributed by atoms with van der Waals surface area (Å²) < 4.78 is 0. The lowest BCUT2D eigenvalue weighted by molar-refractivity contribution is 0.757. The summed E-state index contributed by atoms with van der Waals surface area (Å²) in [5.74, 6) is 0. The van der Waals surface area contributed by atoms with E-state index in [-0.39, 0.29) is 6.04 Å². The molecule has 0 bridgehead atoms. The van der Waals surface area contributed by atoms with Crippen LogP contribution in [0.1, 0.15) is 5.56 Å². The third-order valence-electron chi connectivity index (χ3n) is 1.77. The van der Waals surface area contributed by atoms with Crippen molar-refractivity contribution < 1.29 is 0 Å². The van der Waals surface area contributed by atoms with Crippen LogP contribution in [0.3, 0.4) is 0 Å². The summed E-state index contributed by atoms with van der Waals surface area (Å²) in [6.07, 6.45) is 0.760. The van der Waals surface area contributed by atoms with E-state index in [4.69, 9.17) is 11.5 Å². The molecule has 0 aliphatic heterocycles. The second kappa shape index (κ2) is 3.93. The van der Waals surface area contributed by atoms with Gasteiger partial charge in [0.25, 0.3) is 0 Å². The summed E-state index contributed by atoms with van der Waals surface area (Å²) in [6.45, 7) is 3.60. The van der Waals surface area contributed by atoms with Gasteiger partial charge in [0.05, 0.1) is 0 Å². The van der Waals surface area contributed by atoms with Crippen molar-refractivity contribution in [3.05, 3.63) is 48.2 Å². The molecule has 0 amide bonds. The van der Waals surface area contributed by atoms with Gasteiger partial charge in [-0.15, -0.1) is 0 Å². The van der Waals surface area contributed by atoms with Crippen LogP contribution in [0.4, 0.5) is 0 Å². The maximum Gasteiger partial charge on any atom is 0.0477 e. The minimum atomic E-state index is -0.132. The molecular formula is C10H14N2. The largest absolute Gasteiger partial charge is 0.401 e. The van der Waals surface area contributed by atoms with Gasteiger partial charge in [-0.1, -0.05) is 36.9 Å². The Morgan fingerprint density at radius 2 is 1.92 bits per heavy atom. The molecule has 2 nitrogen and oxygen atoms in total. The van der Waals surface area contributed by atoms with Crippen LogP contribution in [-0.4, -0.2) is 6.04 Å². The Labute approximate surface area is 72.9 Å². The molecule has 0 heterocycles. The average Bonchev–Trinajstić information content (AvgIpc) is 2.06. The molecule has 0 aliphatic carbocycles. The van der Waals surface area contributed by atoms with Crippen molar-refractivity contribution >= 4 is 0 Å². The van der Waals surface area contributed by atoms with Gasteiger partial charge >= 0.3 is 0 Å². The molecule has 0 fully saturated rings. The van der Waals surface area contributed by atoms with Gasteiger partial charge in [0.2, 0.25) is 0 Å². The lowest BCUT2D eigenvalue weighted by Gasteiger charge is -2.10. The summed E-state index contributed by atoms with van der Waals surface area (Å²) in [5, 5.41) is 0. The summed E-state index contributed by atoms with van der Waals surface area (Å²) in [6, 6.07) is 9.88. The van der Waals surface area contributed by atoms with E-state index in [2.05, 4.69) is 6.58 Å². The highest BCUT2D eigenvalue weighted by Gasteiger charge is 2.03. The molecule has 2 heteroatoms. The highest BCUT2D eigenvalue weighted by atomic mass is 14.7. The van der Waals surface area contributed by atoms with Crippen molar-refractivity contribution in [2.45, 2.75) is 12.5 Å². The van der Waals surface area contributed by atoms with Crippen LogP contribution in [-0.2, 0) is 6.42 Å². The van der Waals surface area contributed by atoms with E-state index in [0.29, 0.717) is 5.70 Å². The molecule has 4 N–H and O–H groups in total. The molecular weight excluding hydrogens is 148 g/mol. The zero-order valence-electron chi connectivity index (χ0n) is 7.03. The predicted molar refractivity (Wildman–Crippen MR) is 51.4 cm³/mol. The smallest absolute Gasteiger partial charge is 0.0477 e. The molecule has 0 unspecified atom stereocenters. The van der Waals surface area contributed by atoms with E-state index in [9.17, 15) is 0 Å². The lowest BCUT2D eigenvalue weighted by Crippen LogP contribution is -2.28. The highest BCUT2D eigenvalue weighted by Crippen LogP contribution is 2.03. The third-order valence-corrected chi connectivity index (χ3v) is 1.77. The molecule has 1 atom stereocenters. The molecule has 0 spiro atoms. The highest BCUT2D eigenvalue weighted by molar-refractivity contribution is 5.18. The summed E-state index contributed by atoms with van der Waals surface area (Å²) >= 11 is 0. The molecule has 0 radical (unpaired) electrons. The van der Waals surface area contributed by atoms with Crippen LogP contribution < -0.4 is 11.5 Å². The Morgan fingerprint density at radius 3 is 2.42 bits per heavy atom. The number of rotatable bonds is 3. The Hall–Kier alpha value is -1.28. The fraction of sp³-hybridized carbons (Fsp3) is 0.200. The first kappa shape index (κ1) is 8.81. The fourth-order valence-electron chi connectivity index (χ4n) is 0.999. The summed E-state index contributed by atoms with van der Waals surface area (Å²) in [5.41, 5.74) is 12.9. The van der Waals surface area contributed by atoms with Crippen molar-refractivity contribution in [1.29, 1.82) is 0 Å². The van der Waals surface area contributed by atoms with Crippen LogP contribution in [0.25, 0.3) is 0 Å². The minimum Gasteiger partial charge on any atom is -0.401 e. The maximum atomic E-state index is 5.72. The molecule has 1 aromatic carbocycles. The number of hydrogen-bond donors (Lipinski definition) is 2. The van der Waals surface area contributed by atoms with E-state index in [1.165, 1.54) is 5.56 Å². The molecule has 12 heavy (non-hydrogen) atoms. The Kier molecular flexibility index (Phi) is 2.88. The third kappa shape index (κ3) is 2.40. The predicted octanol–water partition coefficient (Wildman–Crippen LogP) is 1.03. The van der Waals surface area contributed by atoms with Gasteiger partial charge in [0, 0.05) is 11.7 Å². The molecule has 0 aromatic heterocycles. The van der Waals surface area contributed by atoms with Crippen LogP contribution in [0.15, 0.2) is 42.6 Å². The van der Waals surface area contributed by atoms with E-state index < -0.39 is 0 Å². The minimum absolute atomic E-state index is 0.132. The number of benzene rings is 1. The number of nitrogens with two attached hydrogens (primary N) is 2. The van der Waals surface area contributed by atoms with E-state index in [1.54, 1.807) is 0 Å². The zero-order chi connectivity index (χ0) is 8.97. The molecule has 0 saturated heterocycles. The van der Waals surface area contributed by atoms with E-state index in [0.717, 1.165) is 6.42 Å².